The quantitative estimate of drug-likeness (QED) is 0.841. The number of carboxylic acid groups (broad SMARTS) is 1. The highest BCUT2D eigenvalue weighted by molar-refractivity contribution is 7.99. The molecule has 1 fully saturated rings. The number of thioether (sulfide) groups is 1. The molecule has 1 aromatic rings. The average molecular weight is 279 g/mol. The SMILES string of the molecule is CC1CC(C(=O)O)CN(CCSc2ccccc2)C1. The summed E-state index contributed by atoms with van der Waals surface area (Å²) in [5, 5.41) is 9.15. The van der Waals surface area contributed by atoms with Crippen molar-refractivity contribution in [2.24, 2.45) is 11.8 Å². The van der Waals surface area contributed by atoms with Gasteiger partial charge in [0.15, 0.2) is 0 Å². The minimum absolute atomic E-state index is 0.189. The summed E-state index contributed by atoms with van der Waals surface area (Å²) in [6.07, 6.45) is 0.817. The first-order valence-corrected chi connectivity index (χ1v) is 7.76. The van der Waals surface area contributed by atoms with Gasteiger partial charge in [-0.3, -0.25) is 4.79 Å². The van der Waals surface area contributed by atoms with Crippen molar-refractivity contribution >= 4 is 17.7 Å². The Bertz CT molecular complexity index is 410. The zero-order valence-corrected chi connectivity index (χ0v) is 12.1. The minimum atomic E-state index is -0.646. The highest BCUT2D eigenvalue weighted by atomic mass is 32.2. The van der Waals surface area contributed by atoms with Crippen LogP contribution in [0.15, 0.2) is 35.2 Å². The molecule has 3 nitrogen and oxygen atoms in total. The zero-order chi connectivity index (χ0) is 13.7. The van der Waals surface area contributed by atoms with Gasteiger partial charge in [0, 0.05) is 30.3 Å². The fraction of sp³-hybridized carbons (Fsp3) is 0.533. The van der Waals surface area contributed by atoms with Crippen molar-refractivity contribution in [3.63, 3.8) is 0 Å². The van der Waals surface area contributed by atoms with E-state index in [-0.39, 0.29) is 5.92 Å². The summed E-state index contributed by atoms with van der Waals surface area (Å²) in [4.78, 5) is 14.7. The second-order valence-electron chi connectivity index (χ2n) is 5.30. The summed E-state index contributed by atoms with van der Waals surface area (Å²) in [7, 11) is 0. The summed E-state index contributed by atoms with van der Waals surface area (Å²) in [5.41, 5.74) is 0. The number of carbonyl (C=O) groups is 1. The van der Waals surface area contributed by atoms with Gasteiger partial charge >= 0.3 is 5.97 Å². The van der Waals surface area contributed by atoms with Gasteiger partial charge in [0.25, 0.3) is 0 Å². The van der Waals surface area contributed by atoms with Gasteiger partial charge in [-0.25, -0.2) is 0 Å². The van der Waals surface area contributed by atoms with Crippen molar-refractivity contribution in [1.29, 1.82) is 0 Å². The zero-order valence-electron chi connectivity index (χ0n) is 11.3. The number of carboxylic acids is 1. The Hall–Kier alpha value is -1.00. The van der Waals surface area contributed by atoms with Gasteiger partial charge in [-0.05, 0) is 24.5 Å². The smallest absolute Gasteiger partial charge is 0.307 e. The highest BCUT2D eigenvalue weighted by Gasteiger charge is 2.28. The van der Waals surface area contributed by atoms with Crippen LogP contribution in [0.4, 0.5) is 0 Å². The molecule has 0 bridgehead atoms. The molecule has 1 N–H and O–H groups in total. The molecule has 0 radical (unpaired) electrons. The second kappa shape index (κ2) is 6.96. The minimum Gasteiger partial charge on any atom is -0.481 e. The van der Waals surface area contributed by atoms with E-state index in [1.54, 1.807) is 0 Å². The van der Waals surface area contributed by atoms with Crippen LogP contribution in [-0.4, -0.2) is 41.4 Å². The van der Waals surface area contributed by atoms with Crippen LogP contribution in [0.3, 0.4) is 0 Å². The molecule has 0 saturated carbocycles. The molecule has 2 rings (SSSR count). The van der Waals surface area contributed by atoms with E-state index in [1.807, 2.05) is 30.0 Å². The van der Waals surface area contributed by atoms with E-state index in [1.165, 1.54) is 4.90 Å². The summed E-state index contributed by atoms with van der Waals surface area (Å²) >= 11 is 1.84. The molecule has 4 heteroatoms. The number of hydrogen-bond donors (Lipinski definition) is 1. The number of rotatable bonds is 5. The van der Waals surface area contributed by atoms with Crippen LogP contribution in [0.5, 0.6) is 0 Å². The predicted octanol–water partition coefficient (Wildman–Crippen LogP) is 2.82. The van der Waals surface area contributed by atoms with Crippen molar-refractivity contribution in [3.8, 4) is 0 Å². The van der Waals surface area contributed by atoms with E-state index in [2.05, 4.69) is 24.0 Å². The summed E-state index contributed by atoms with van der Waals surface area (Å²) in [5.74, 6) is 0.664. The molecular formula is C15H21NO2S. The van der Waals surface area contributed by atoms with Crippen molar-refractivity contribution in [2.45, 2.75) is 18.2 Å². The molecule has 1 saturated heterocycles. The first-order valence-electron chi connectivity index (χ1n) is 6.78. The maximum atomic E-state index is 11.1. The molecule has 1 aliphatic heterocycles. The van der Waals surface area contributed by atoms with Crippen LogP contribution in [0.2, 0.25) is 0 Å². The molecule has 0 amide bonds. The van der Waals surface area contributed by atoms with E-state index in [0.717, 1.165) is 25.3 Å². The average Bonchev–Trinajstić information content (AvgIpc) is 2.39. The van der Waals surface area contributed by atoms with E-state index >= 15 is 0 Å². The predicted molar refractivity (Wildman–Crippen MR) is 78.5 cm³/mol. The van der Waals surface area contributed by atoms with E-state index in [9.17, 15) is 4.79 Å². The molecular weight excluding hydrogens is 258 g/mol. The lowest BCUT2D eigenvalue weighted by Gasteiger charge is -2.34. The number of benzene rings is 1. The molecule has 2 atom stereocenters. The van der Waals surface area contributed by atoms with Gasteiger partial charge in [0.1, 0.15) is 0 Å². The Labute approximate surface area is 119 Å². The van der Waals surface area contributed by atoms with Crippen LogP contribution in [0.1, 0.15) is 13.3 Å². The maximum Gasteiger partial charge on any atom is 0.307 e. The fourth-order valence-corrected chi connectivity index (χ4v) is 3.57. The molecule has 1 heterocycles. The molecule has 0 aliphatic carbocycles. The van der Waals surface area contributed by atoms with Crippen LogP contribution >= 0.6 is 11.8 Å². The van der Waals surface area contributed by atoms with Crippen molar-refractivity contribution < 1.29 is 9.90 Å². The standard InChI is InChI=1S/C15H21NO2S/c1-12-9-13(15(17)18)11-16(10-12)7-8-19-14-5-3-2-4-6-14/h2-6,12-13H,7-11H2,1H3,(H,17,18). The van der Waals surface area contributed by atoms with Crippen LogP contribution < -0.4 is 0 Å². The monoisotopic (exact) mass is 279 g/mol. The topological polar surface area (TPSA) is 40.5 Å². The Morgan fingerprint density at radius 2 is 2.11 bits per heavy atom. The van der Waals surface area contributed by atoms with E-state index in [4.69, 9.17) is 5.11 Å². The maximum absolute atomic E-state index is 11.1. The van der Waals surface area contributed by atoms with Crippen LogP contribution in [0, 0.1) is 11.8 Å². The van der Waals surface area contributed by atoms with Gasteiger partial charge in [0.2, 0.25) is 0 Å². The summed E-state index contributed by atoms with van der Waals surface area (Å²) in [6, 6.07) is 10.3. The van der Waals surface area contributed by atoms with Gasteiger partial charge in [0.05, 0.1) is 5.92 Å². The van der Waals surface area contributed by atoms with Crippen molar-refractivity contribution in [3.05, 3.63) is 30.3 Å². The molecule has 1 aliphatic rings. The van der Waals surface area contributed by atoms with Gasteiger partial charge in [-0.1, -0.05) is 25.1 Å². The van der Waals surface area contributed by atoms with Crippen molar-refractivity contribution in [2.75, 3.05) is 25.4 Å². The highest BCUT2D eigenvalue weighted by Crippen LogP contribution is 2.23. The third-order valence-corrected chi connectivity index (χ3v) is 4.50. The molecule has 1 aromatic carbocycles. The molecule has 0 aromatic heterocycles. The summed E-state index contributed by atoms with van der Waals surface area (Å²) < 4.78 is 0. The Morgan fingerprint density at radius 1 is 1.37 bits per heavy atom. The summed E-state index contributed by atoms with van der Waals surface area (Å²) in [6.45, 7) is 4.84. The van der Waals surface area contributed by atoms with Gasteiger partial charge in [-0.2, -0.15) is 0 Å². The fourth-order valence-electron chi connectivity index (χ4n) is 2.63. The van der Waals surface area contributed by atoms with Crippen molar-refractivity contribution in [1.82, 2.24) is 4.90 Å². The number of nitrogens with zero attached hydrogens (tertiary/aromatic N) is 1. The lowest BCUT2D eigenvalue weighted by atomic mass is 9.90. The lowest BCUT2D eigenvalue weighted by molar-refractivity contribution is -0.144. The Kier molecular flexibility index (Phi) is 5.28. The van der Waals surface area contributed by atoms with Gasteiger partial charge < -0.3 is 10.0 Å². The Balaban J connectivity index is 1.77. The first kappa shape index (κ1) is 14.4. The third kappa shape index (κ3) is 4.55. The number of piperidine rings is 1. The molecule has 2 unspecified atom stereocenters. The normalized spacial score (nSPS) is 24.3. The van der Waals surface area contributed by atoms with E-state index in [0.29, 0.717) is 12.5 Å². The Morgan fingerprint density at radius 3 is 2.79 bits per heavy atom. The van der Waals surface area contributed by atoms with Crippen LogP contribution in [0.25, 0.3) is 0 Å². The lowest BCUT2D eigenvalue weighted by Crippen LogP contribution is -2.43. The number of aliphatic carboxylic acids is 1. The third-order valence-electron chi connectivity index (χ3n) is 3.50. The molecule has 0 spiro atoms. The molecule has 104 valence electrons. The number of hydrogen-bond acceptors (Lipinski definition) is 3. The van der Waals surface area contributed by atoms with Crippen LogP contribution in [-0.2, 0) is 4.79 Å². The largest absolute Gasteiger partial charge is 0.481 e. The molecule has 19 heavy (non-hydrogen) atoms. The van der Waals surface area contributed by atoms with Gasteiger partial charge in [-0.15, -0.1) is 11.8 Å². The number of likely N-dealkylation sites (tertiary alicyclic amines) is 1. The van der Waals surface area contributed by atoms with E-state index < -0.39 is 5.97 Å². The first-order chi connectivity index (χ1) is 9.15. The second-order valence-corrected chi connectivity index (χ2v) is 6.47.